The van der Waals surface area contributed by atoms with E-state index in [1.54, 1.807) is 6.41 Å². The largest absolute Gasteiger partial charge is 0.395 e. The first kappa shape index (κ1) is 8.43. The van der Waals surface area contributed by atoms with Gasteiger partial charge in [0, 0.05) is 12.6 Å². The Morgan fingerprint density at radius 3 is 2.33 bits per heavy atom. The summed E-state index contributed by atoms with van der Waals surface area (Å²) in [5.74, 6) is 0. The first-order valence-electron chi connectivity index (χ1n) is 2.97. The molecule has 0 aromatic carbocycles. The van der Waals surface area contributed by atoms with Gasteiger partial charge < -0.3 is 10.0 Å². The van der Waals surface area contributed by atoms with Gasteiger partial charge in [-0.2, -0.15) is 0 Å². The summed E-state index contributed by atoms with van der Waals surface area (Å²) in [4.78, 5) is 11.4. The third-order valence-corrected chi connectivity index (χ3v) is 1.08. The van der Waals surface area contributed by atoms with Crippen LogP contribution in [0.1, 0.15) is 13.8 Å². The van der Waals surface area contributed by atoms with Crippen molar-refractivity contribution in [3.8, 4) is 0 Å². The molecule has 0 aromatic heterocycles. The molecule has 0 aliphatic carbocycles. The molecule has 0 fully saturated rings. The molecule has 1 N–H and O–H groups in total. The number of hydrogen-bond acceptors (Lipinski definition) is 2. The summed E-state index contributed by atoms with van der Waals surface area (Å²) in [6.07, 6.45) is 1.73. The summed E-state index contributed by atoms with van der Waals surface area (Å²) in [5.41, 5.74) is 0. The average Bonchev–Trinajstić information content (AvgIpc) is 1.82. The lowest BCUT2D eigenvalue weighted by Gasteiger charge is -2.18. The highest BCUT2D eigenvalue weighted by molar-refractivity contribution is 5.48. The van der Waals surface area contributed by atoms with Crippen molar-refractivity contribution < 1.29 is 9.90 Å². The Labute approximate surface area is 55.3 Å². The van der Waals surface area contributed by atoms with Crippen molar-refractivity contribution in [2.75, 3.05) is 13.2 Å². The van der Waals surface area contributed by atoms with Crippen LogP contribution >= 0.6 is 0 Å². The van der Waals surface area contributed by atoms with Crippen LogP contribution in [0, 0.1) is 0 Å². The van der Waals surface area contributed by atoms with E-state index in [9.17, 15) is 4.79 Å². The van der Waals surface area contributed by atoms with Gasteiger partial charge >= 0.3 is 6.41 Å². The molecule has 0 heterocycles. The average molecular weight is 130 g/mol. The molecule has 0 aliphatic rings. The van der Waals surface area contributed by atoms with Gasteiger partial charge in [0.15, 0.2) is 0 Å². The van der Waals surface area contributed by atoms with Gasteiger partial charge in [0.05, 0.1) is 6.61 Å². The van der Waals surface area contributed by atoms with Crippen LogP contribution in [0.3, 0.4) is 0 Å². The van der Waals surface area contributed by atoms with Gasteiger partial charge in [0.2, 0.25) is 0 Å². The fourth-order valence-electron chi connectivity index (χ4n) is 0.517. The SMILES string of the molecule is CC(C)N([C]=O)CCO. The van der Waals surface area contributed by atoms with Crippen LogP contribution in [0.4, 0.5) is 0 Å². The number of nitrogens with zero attached hydrogens (tertiary/aromatic N) is 1. The van der Waals surface area contributed by atoms with E-state index in [4.69, 9.17) is 5.11 Å². The van der Waals surface area contributed by atoms with Crippen LogP contribution in [-0.4, -0.2) is 35.6 Å². The van der Waals surface area contributed by atoms with Crippen molar-refractivity contribution in [1.29, 1.82) is 0 Å². The highest BCUT2D eigenvalue weighted by Gasteiger charge is 2.04. The van der Waals surface area contributed by atoms with Crippen molar-refractivity contribution in [2.45, 2.75) is 19.9 Å². The number of aliphatic hydroxyl groups is 1. The Morgan fingerprint density at radius 2 is 2.22 bits per heavy atom. The van der Waals surface area contributed by atoms with Gasteiger partial charge in [-0.3, -0.25) is 4.79 Å². The number of amides is 1. The fraction of sp³-hybridized carbons (Fsp3) is 0.833. The zero-order chi connectivity index (χ0) is 7.28. The summed E-state index contributed by atoms with van der Waals surface area (Å²) >= 11 is 0. The predicted molar refractivity (Wildman–Crippen MR) is 34.6 cm³/mol. The summed E-state index contributed by atoms with van der Waals surface area (Å²) in [6.45, 7) is 4.13. The van der Waals surface area contributed by atoms with Crippen LogP contribution in [0.25, 0.3) is 0 Å². The van der Waals surface area contributed by atoms with Crippen molar-refractivity contribution in [3.63, 3.8) is 0 Å². The lowest BCUT2D eigenvalue weighted by atomic mass is 10.3. The summed E-state index contributed by atoms with van der Waals surface area (Å²) in [5, 5.41) is 8.40. The van der Waals surface area contributed by atoms with Crippen molar-refractivity contribution in [1.82, 2.24) is 4.90 Å². The van der Waals surface area contributed by atoms with Crippen molar-refractivity contribution in [2.24, 2.45) is 0 Å². The third kappa shape index (κ3) is 3.08. The second kappa shape index (κ2) is 4.32. The lowest BCUT2D eigenvalue weighted by molar-refractivity contribution is 0.225. The molecule has 0 aromatic rings. The molecule has 53 valence electrons. The van der Waals surface area contributed by atoms with Crippen LogP contribution in [0.2, 0.25) is 0 Å². The zero-order valence-corrected chi connectivity index (χ0v) is 5.79. The maximum atomic E-state index is 10.0. The van der Waals surface area contributed by atoms with Gasteiger partial charge in [-0.05, 0) is 13.8 Å². The molecule has 3 nitrogen and oxygen atoms in total. The van der Waals surface area contributed by atoms with Crippen LogP contribution in [0.5, 0.6) is 0 Å². The minimum Gasteiger partial charge on any atom is -0.395 e. The normalized spacial score (nSPS) is 9.78. The first-order valence-corrected chi connectivity index (χ1v) is 2.97. The highest BCUT2D eigenvalue weighted by Crippen LogP contribution is 1.90. The number of carbonyl (C=O) groups excluding carboxylic acids is 1. The summed E-state index contributed by atoms with van der Waals surface area (Å²) in [6, 6.07) is 0.134. The van der Waals surface area contributed by atoms with Gasteiger partial charge in [-0.1, -0.05) is 0 Å². The van der Waals surface area contributed by atoms with Crippen molar-refractivity contribution in [3.05, 3.63) is 0 Å². The zero-order valence-electron chi connectivity index (χ0n) is 5.79. The van der Waals surface area contributed by atoms with Crippen LogP contribution in [0.15, 0.2) is 0 Å². The molecule has 1 radical (unpaired) electrons. The quantitative estimate of drug-likeness (QED) is 0.533. The lowest BCUT2D eigenvalue weighted by Crippen LogP contribution is -2.31. The number of hydrogen-bond donors (Lipinski definition) is 1. The van der Waals surface area contributed by atoms with E-state index < -0.39 is 0 Å². The molecule has 0 atom stereocenters. The molecule has 0 bridgehead atoms. The molecule has 0 spiro atoms. The molecule has 3 heteroatoms. The van der Waals surface area contributed by atoms with Crippen LogP contribution in [-0.2, 0) is 4.79 Å². The van der Waals surface area contributed by atoms with E-state index in [2.05, 4.69) is 0 Å². The second-order valence-electron chi connectivity index (χ2n) is 2.10. The topological polar surface area (TPSA) is 40.5 Å². The van der Waals surface area contributed by atoms with Crippen LogP contribution < -0.4 is 0 Å². The molecule has 0 aliphatic heterocycles. The minimum absolute atomic E-state index is 0.00736. The number of rotatable bonds is 4. The number of aliphatic hydroxyl groups excluding tert-OH is 1. The Hall–Kier alpha value is -0.570. The monoisotopic (exact) mass is 130 g/mol. The van der Waals surface area contributed by atoms with Crippen molar-refractivity contribution >= 4 is 6.41 Å². The fourth-order valence-corrected chi connectivity index (χ4v) is 0.517. The third-order valence-electron chi connectivity index (χ3n) is 1.08. The molecule has 0 unspecified atom stereocenters. The molecule has 1 amide bonds. The molecular weight excluding hydrogens is 118 g/mol. The van der Waals surface area contributed by atoms with Gasteiger partial charge in [-0.15, -0.1) is 0 Å². The van der Waals surface area contributed by atoms with Gasteiger partial charge in [0.25, 0.3) is 0 Å². The van der Waals surface area contributed by atoms with E-state index in [1.165, 1.54) is 4.90 Å². The van der Waals surface area contributed by atoms with E-state index >= 15 is 0 Å². The molecule has 0 saturated carbocycles. The van der Waals surface area contributed by atoms with E-state index in [1.807, 2.05) is 13.8 Å². The Morgan fingerprint density at radius 1 is 1.67 bits per heavy atom. The minimum atomic E-state index is 0.00736. The second-order valence-corrected chi connectivity index (χ2v) is 2.10. The Bertz CT molecular complexity index is 83.1. The van der Waals surface area contributed by atoms with E-state index in [0.717, 1.165) is 0 Å². The van der Waals surface area contributed by atoms with Gasteiger partial charge in [-0.25, -0.2) is 0 Å². The summed E-state index contributed by atoms with van der Waals surface area (Å²) in [7, 11) is 0. The smallest absolute Gasteiger partial charge is 0.312 e. The standard InChI is InChI=1S/C6H12NO2/c1-6(2)7(5-9)3-4-8/h6,8H,3-4H2,1-2H3. The van der Waals surface area contributed by atoms with E-state index in [0.29, 0.717) is 6.54 Å². The Balaban J connectivity index is 3.54. The summed E-state index contributed by atoms with van der Waals surface area (Å²) < 4.78 is 0. The first-order chi connectivity index (χ1) is 4.22. The predicted octanol–water partition coefficient (Wildman–Crippen LogP) is -0.244. The van der Waals surface area contributed by atoms with Gasteiger partial charge in [0.1, 0.15) is 0 Å². The maximum absolute atomic E-state index is 10.0. The molecular formula is C6H12NO2. The molecule has 9 heavy (non-hydrogen) atoms. The maximum Gasteiger partial charge on any atom is 0.312 e. The Kier molecular flexibility index (Phi) is 4.05. The highest BCUT2D eigenvalue weighted by atomic mass is 16.3. The molecule has 0 rings (SSSR count). The molecule has 0 saturated heterocycles. The van der Waals surface area contributed by atoms with E-state index in [-0.39, 0.29) is 12.6 Å².